The van der Waals surface area contributed by atoms with Crippen molar-refractivity contribution in [2.24, 2.45) is 5.92 Å². The van der Waals surface area contributed by atoms with E-state index in [0.717, 1.165) is 57.1 Å². The second-order valence-corrected chi connectivity index (χ2v) is 5.45. The summed E-state index contributed by atoms with van der Waals surface area (Å²) in [5.41, 5.74) is 1.00. The molecule has 1 aromatic rings. The molecule has 0 unspecified atom stereocenters. The Morgan fingerprint density at radius 1 is 1.32 bits per heavy atom. The minimum absolute atomic E-state index is 0. The molecule has 6 heteroatoms. The number of carbonyl (C=O) groups is 1. The first-order valence-corrected chi connectivity index (χ1v) is 7.68. The summed E-state index contributed by atoms with van der Waals surface area (Å²) in [6.07, 6.45) is 5.36. The molecule has 1 fully saturated rings. The lowest BCUT2D eigenvalue weighted by Gasteiger charge is -2.32. The van der Waals surface area contributed by atoms with E-state index in [1.165, 1.54) is 0 Å². The van der Waals surface area contributed by atoms with Crippen LogP contribution in [0.15, 0.2) is 24.4 Å². The molecule has 1 aliphatic heterocycles. The third-order valence-corrected chi connectivity index (χ3v) is 3.97. The topological polar surface area (TPSA) is 45.2 Å². The van der Waals surface area contributed by atoms with Crippen LogP contribution in [-0.2, 0) is 11.2 Å². The highest BCUT2D eigenvalue weighted by atomic mass is 35.5. The van der Waals surface area contributed by atoms with Crippen LogP contribution in [0.3, 0.4) is 0 Å². The van der Waals surface area contributed by atoms with E-state index in [4.69, 9.17) is 0 Å². The second kappa shape index (κ2) is 11.7. The van der Waals surface area contributed by atoms with Crippen molar-refractivity contribution in [2.75, 3.05) is 26.2 Å². The van der Waals surface area contributed by atoms with E-state index in [1.807, 2.05) is 23.1 Å². The molecule has 0 bridgehead atoms. The molecule has 1 amide bonds. The Labute approximate surface area is 145 Å². The van der Waals surface area contributed by atoms with E-state index in [2.05, 4.69) is 17.2 Å². The predicted octanol–water partition coefficient (Wildman–Crippen LogP) is 2.71. The van der Waals surface area contributed by atoms with Crippen LogP contribution < -0.4 is 5.32 Å². The van der Waals surface area contributed by atoms with Crippen molar-refractivity contribution in [2.45, 2.75) is 32.6 Å². The third-order valence-electron chi connectivity index (χ3n) is 3.97. The summed E-state index contributed by atoms with van der Waals surface area (Å²) in [6.45, 7) is 6.08. The lowest BCUT2D eigenvalue weighted by Crippen LogP contribution is -2.40. The van der Waals surface area contributed by atoms with Gasteiger partial charge in [-0.3, -0.25) is 9.78 Å². The number of aryl methyl sites for hydroxylation is 1. The first-order chi connectivity index (χ1) is 9.79. The Morgan fingerprint density at radius 3 is 2.64 bits per heavy atom. The smallest absolute Gasteiger partial charge is 0.222 e. The van der Waals surface area contributed by atoms with Gasteiger partial charge in [-0.15, -0.1) is 24.8 Å². The maximum atomic E-state index is 12.2. The molecule has 1 saturated heterocycles. The summed E-state index contributed by atoms with van der Waals surface area (Å²) in [6, 6.07) is 5.86. The van der Waals surface area contributed by atoms with Crippen LogP contribution >= 0.6 is 24.8 Å². The number of amides is 1. The Bertz CT molecular complexity index is 409. The molecule has 0 atom stereocenters. The van der Waals surface area contributed by atoms with Gasteiger partial charge in [-0.1, -0.05) is 13.0 Å². The van der Waals surface area contributed by atoms with Crippen LogP contribution in [0.1, 0.15) is 31.9 Å². The maximum absolute atomic E-state index is 12.2. The number of nitrogens with one attached hydrogen (secondary N) is 1. The Kier molecular flexibility index (Phi) is 11.2. The van der Waals surface area contributed by atoms with Crippen molar-refractivity contribution in [3.63, 3.8) is 0 Å². The average molecular weight is 348 g/mol. The first kappa shape index (κ1) is 21.2. The van der Waals surface area contributed by atoms with Crippen molar-refractivity contribution in [1.29, 1.82) is 0 Å². The second-order valence-electron chi connectivity index (χ2n) is 5.45. The number of hydrogen-bond donors (Lipinski definition) is 1. The van der Waals surface area contributed by atoms with Gasteiger partial charge < -0.3 is 10.2 Å². The van der Waals surface area contributed by atoms with E-state index in [9.17, 15) is 4.79 Å². The Morgan fingerprint density at radius 2 is 2.05 bits per heavy atom. The van der Waals surface area contributed by atoms with Gasteiger partial charge in [0.15, 0.2) is 0 Å². The van der Waals surface area contributed by atoms with Crippen LogP contribution in [0.4, 0.5) is 0 Å². The molecule has 2 rings (SSSR count). The summed E-state index contributed by atoms with van der Waals surface area (Å²) >= 11 is 0. The van der Waals surface area contributed by atoms with Gasteiger partial charge in [0.2, 0.25) is 5.91 Å². The van der Waals surface area contributed by atoms with Gasteiger partial charge in [-0.05, 0) is 50.4 Å². The van der Waals surface area contributed by atoms with Crippen LogP contribution in [0.25, 0.3) is 0 Å². The Hall–Kier alpha value is -0.840. The number of likely N-dealkylation sites (tertiary alicyclic amines) is 1. The molecule has 0 radical (unpaired) electrons. The highest BCUT2D eigenvalue weighted by Gasteiger charge is 2.22. The fourth-order valence-corrected chi connectivity index (χ4v) is 2.67. The minimum Gasteiger partial charge on any atom is -0.343 e. The quantitative estimate of drug-likeness (QED) is 0.860. The van der Waals surface area contributed by atoms with Gasteiger partial charge in [-0.25, -0.2) is 0 Å². The zero-order valence-electron chi connectivity index (χ0n) is 13.2. The largest absolute Gasteiger partial charge is 0.343 e. The molecular weight excluding hydrogens is 321 g/mol. The first-order valence-electron chi connectivity index (χ1n) is 7.68. The van der Waals surface area contributed by atoms with Crippen molar-refractivity contribution in [1.82, 2.24) is 15.2 Å². The average Bonchev–Trinajstić information content (AvgIpc) is 2.52. The van der Waals surface area contributed by atoms with Gasteiger partial charge in [0.1, 0.15) is 0 Å². The molecule has 2 heterocycles. The fraction of sp³-hybridized carbons (Fsp3) is 0.625. The molecule has 0 spiro atoms. The highest BCUT2D eigenvalue weighted by molar-refractivity contribution is 5.85. The van der Waals surface area contributed by atoms with Gasteiger partial charge in [0, 0.05) is 31.4 Å². The van der Waals surface area contributed by atoms with E-state index >= 15 is 0 Å². The molecule has 0 saturated carbocycles. The van der Waals surface area contributed by atoms with Crippen LogP contribution in [0.5, 0.6) is 0 Å². The monoisotopic (exact) mass is 347 g/mol. The summed E-state index contributed by atoms with van der Waals surface area (Å²) in [7, 11) is 0. The molecule has 1 aromatic heterocycles. The van der Waals surface area contributed by atoms with E-state index in [0.29, 0.717) is 6.42 Å². The molecule has 0 aliphatic carbocycles. The lowest BCUT2D eigenvalue weighted by molar-refractivity contribution is -0.132. The molecule has 0 aromatic carbocycles. The standard InChI is InChI=1S/C16H25N3O.2ClH/c1-2-17-13-14-8-11-19(12-9-14)16(20)7-6-15-5-3-4-10-18-15;;/h3-5,10,14,17H,2,6-9,11-13H2,1H3;2*1H. The van der Waals surface area contributed by atoms with Crippen LogP contribution in [-0.4, -0.2) is 42.0 Å². The fourth-order valence-electron chi connectivity index (χ4n) is 2.67. The number of nitrogens with zero attached hydrogens (tertiary/aromatic N) is 2. The number of piperidine rings is 1. The van der Waals surface area contributed by atoms with E-state index in [-0.39, 0.29) is 30.7 Å². The number of aromatic nitrogens is 1. The van der Waals surface area contributed by atoms with Crippen molar-refractivity contribution >= 4 is 30.7 Å². The Balaban J connectivity index is 0.00000220. The van der Waals surface area contributed by atoms with Crippen LogP contribution in [0.2, 0.25) is 0 Å². The van der Waals surface area contributed by atoms with Crippen molar-refractivity contribution in [3.05, 3.63) is 30.1 Å². The molecular formula is C16H27Cl2N3O. The molecule has 126 valence electrons. The number of carbonyl (C=O) groups excluding carboxylic acids is 1. The maximum Gasteiger partial charge on any atom is 0.222 e. The van der Waals surface area contributed by atoms with Crippen LogP contribution in [0, 0.1) is 5.92 Å². The predicted molar refractivity (Wildman–Crippen MR) is 94.9 cm³/mol. The van der Waals surface area contributed by atoms with Gasteiger partial charge in [0.25, 0.3) is 0 Å². The normalized spacial score (nSPS) is 14.9. The number of halogens is 2. The van der Waals surface area contributed by atoms with E-state index in [1.54, 1.807) is 6.20 Å². The minimum atomic E-state index is 0. The summed E-state index contributed by atoms with van der Waals surface area (Å²) < 4.78 is 0. The molecule has 22 heavy (non-hydrogen) atoms. The summed E-state index contributed by atoms with van der Waals surface area (Å²) in [4.78, 5) is 18.5. The van der Waals surface area contributed by atoms with Gasteiger partial charge in [-0.2, -0.15) is 0 Å². The van der Waals surface area contributed by atoms with Gasteiger partial charge >= 0.3 is 0 Å². The van der Waals surface area contributed by atoms with Gasteiger partial charge in [0.05, 0.1) is 0 Å². The SMILES string of the molecule is CCNCC1CCN(C(=O)CCc2ccccn2)CC1.Cl.Cl. The summed E-state index contributed by atoms with van der Waals surface area (Å²) in [5.74, 6) is 1.01. The zero-order chi connectivity index (χ0) is 14.2. The lowest BCUT2D eigenvalue weighted by atomic mass is 9.96. The number of pyridine rings is 1. The zero-order valence-corrected chi connectivity index (χ0v) is 14.8. The van der Waals surface area contributed by atoms with Crippen molar-refractivity contribution < 1.29 is 4.79 Å². The van der Waals surface area contributed by atoms with Crippen molar-refractivity contribution in [3.8, 4) is 0 Å². The highest BCUT2D eigenvalue weighted by Crippen LogP contribution is 2.17. The molecule has 1 aliphatic rings. The molecule has 1 N–H and O–H groups in total. The third kappa shape index (κ3) is 6.95. The number of hydrogen-bond acceptors (Lipinski definition) is 3. The summed E-state index contributed by atoms with van der Waals surface area (Å²) in [5, 5.41) is 3.40. The van der Waals surface area contributed by atoms with E-state index < -0.39 is 0 Å². The molecule has 4 nitrogen and oxygen atoms in total. The number of rotatable bonds is 6.